The van der Waals surface area contributed by atoms with Crippen LogP contribution in [0.2, 0.25) is 0 Å². The van der Waals surface area contributed by atoms with Crippen LogP contribution in [-0.2, 0) is 11.2 Å². The van der Waals surface area contributed by atoms with Gasteiger partial charge in [-0.2, -0.15) is 0 Å². The Balaban J connectivity index is 2.01. The standard InChI is InChI=1S/C15H20N2O3S/c1-11(2)17(6-4-7-18)14(19)9-12-10-21-15(16-12)13-5-3-8-20-13/h3,5,8,10-11,18H,4,6-7,9H2,1-2H3. The monoisotopic (exact) mass is 308 g/mol. The van der Waals surface area contributed by atoms with E-state index in [1.807, 2.05) is 31.4 Å². The summed E-state index contributed by atoms with van der Waals surface area (Å²) in [7, 11) is 0. The van der Waals surface area contributed by atoms with Crippen molar-refractivity contribution in [2.24, 2.45) is 0 Å². The Morgan fingerprint density at radius 1 is 1.52 bits per heavy atom. The maximum atomic E-state index is 12.3. The highest BCUT2D eigenvalue weighted by molar-refractivity contribution is 7.13. The van der Waals surface area contributed by atoms with Crippen molar-refractivity contribution >= 4 is 17.2 Å². The van der Waals surface area contributed by atoms with Gasteiger partial charge in [0.25, 0.3) is 0 Å². The number of aliphatic hydroxyl groups is 1. The Morgan fingerprint density at radius 3 is 2.95 bits per heavy atom. The molecule has 1 N–H and O–H groups in total. The Labute approximate surface area is 128 Å². The van der Waals surface area contributed by atoms with Crippen LogP contribution >= 0.6 is 11.3 Å². The smallest absolute Gasteiger partial charge is 0.228 e. The molecule has 0 aliphatic heterocycles. The average Bonchev–Trinajstić information content (AvgIpc) is 3.08. The van der Waals surface area contributed by atoms with Crippen molar-refractivity contribution in [3.63, 3.8) is 0 Å². The number of hydrogen-bond donors (Lipinski definition) is 1. The summed E-state index contributed by atoms with van der Waals surface area (Å²) in [4.78, 5) is 18.6. The molecule has 0 radical (unpaired) electrons. The number of aliphatic hydroxyl groups excluding tert-OH is 1. The van der Waals surface area contributed by atoms with Gasteiger partial charge in [-0.3, -0.25) is 4.79 Å². The molecule has 0 saturated heterocycles. The van der Waals surface area contributed by atoms with Crippen molar-refractivity contribution in [1.82, 2.24) is 9.88 Å². The van der Waals surface area contributed by atoms with Gasteiger partial charge in [0.15, 0.2) is 10.8 Å². The maximum absolute atomic E-state index is 12.3. The molecular weight excluding hydrogens is 288 g/mol. The first-order chi connectivity index (χ1) is 10.1. The second kappa shape index (κ2) is 7.38. The molecule has 0 atom stereocenters. The Kier molecular flexibility index (Phi) is 5.52. The molecular formula is C15H20N2O3S. The Morgan fingerprint density at radius 2 is 2.33 bits per heavy atom. The summed E-state index contributed by atoms with van der Waals surface area (Å²) in [6.07, 6.45) is 2.48. The van der Waals surface area contributed by atoms with E-state index in [4.69, 9.17) is 9.52 Å². The Hall–Kier alpha value is -1.66. The molecule has 2 aromatic rings. The van der Waals surface area contributed by atoms with Crippen molar-refractivity contribution in [3.05, 3.63) is 29.5 Å². The molecule has 2 aromatic heterocycles. The number of carbonyl (C=O) groups is 1. The number of hydrogen-bond acceptors (Lipinski definition) is 5. The van der Waals surface area contributed by atoms with E-state index in [0.717, 1.165) is 16.5 Å². The average molecular weight is 308 g/mol. The second-order valence-corrected chi connectivity index (χ2v) is 5.91. The zero-order valence-electron chi connectivity index (χ0n) is 12.3. The van der Waals surface area contributed by atoms with Gasteiger partial charge < -0.3 is 14.4 Å². The number of furan rings is 1. The van der Waals surface area contributed by atoms with Crippen molar-refractivity contribution in [2.75, 3.05) is 13.2 Å². The number of carbonyl (C=O) groups excluding carboxylic acids is 1. The van der Waals surface area contributed by atoms with Crippen LogP contribution in [0.5, 0.6) is 0 Å². The van der Waals surface area contributed by atoms with Gasteiger partial charge in [-0.25, -0.2) is 4.98 Å². The molecule has 1 amide bonds. The van der Waals surface area contributed by atoms with E-state index in [1.165, 1.54) is 11.3 Å². The fraction of sp³-hybridized carbons (Fsp3) is 0.467. The van der Waals surface area contributed by atoms with E-state index in [-0.39, 0.29) is 25.0 Å². The van der Waals surface area contributed by atoms with Gasteiger partial charge in [-0.05, 0) is 32.4 Å². The van der Waals surface area contributed by atoms with E-state index in [1.54, 1.807) is 11.2 Å². The van der Waals surface area contributed by atoms with Crippen LogP contribution in [0.3, 0.4) is 0 Å². The molecule has 114 valence electrons. The zero-order valence-corrected chi connectivity index (χ0v) is 13.1. The minimum Gasteiger partial charge on any atom is -0.462 e. The van der Waals surface area contributed by atoms with Crippen molar-refractivity contribution in [1.29, 1.82) is 0 Å². The van der Waals surface area contributed by atoms with E-state index in [0.29, 0.717) is 13.0 Å². The highest BCUT2D eigenvalue weighted by Crippen LogP contribution is 2.24. The SMILES string of the molecule is CC(C)N(CCCO)C(=O)Cc1csc(-c2ccco2)n1. The minimum atomic E-state index is 0.0368. The molecule has 0 saturated carbocycles. The van der Waals surface area contributed by atoms with Gasteiger partial charge in [-0.1, -0.05) is 0 Å². The lowest BCUT2D eigenvalue weighted by Crippen LogP contribution is -2.39. The first kappa shape index (κ1) is 15.7. The summed E-state index contributed by atoms with van der Waals surface area (Å²) in [5, 5.41) is 11.6. The summed E-state index contributed by atoms with van der Waals surface area (Å²) in [6.45, 7) is 4.62. The first-order valence-corrected chi connectivity index (χ1v) is 7.88. The number of amides is 1. The number of thiazole rings is 1. The van der Waals surface area contributed by atoms with Gasteiger partial charge in [0.2, 0.25) is 5.91 Å². The van der Waals surface area contributed by atoms with Crippen molar-refractivity contribution in [2.45, 2.75) is 32.7 Å². The van der Waals surface area contributed by atoms with Gasteiger partial charge in [0, 0.05) is 24.6 Å². The van der Waals surface area contributed by atoms with Gasteiger partial charge in [0.1, 0.15) is 0 Å². The van der Waals surface area contributed by atoms with Crippen LogP contribution < -0.4 is 0 Å². The summed E-state index contributed by atoms with van der Waals surface area (Å²) >= 11 is 1.47. The van der Waals surface area contributed by atoms with E-state index < -0.39 is 0 Å². The normalized spacial score (nSPS) is 11.0. The third-order valence-corrected chi connectivity index (χ3v) is 4.02. The van der Waals surface area contributed by atoms with Crippen LogP contribution in [0, 0.1) is 0 Å². The maximum Gasteiger partial charge on any atom is 0.228 e. The van der Waals surface area contributed by atoms with E-state index >= 15 is 0 Å². The first-order valence-electron chi connectivity index (χ1n) is 7.00. The number of nitrogens with zero attached hydrogens (tertiary/aromatic N) is 2. The fourth-order valence-corrected chi connectivity index (χ4v) is 2.86. The summed E-state index contributed by atoms with van der Waals surface area (Å²) < 4.78 is 5.30. The number of aromatic nitrogens is 1. The van der Waals surface area contributed by atoms with Crippen molar-refractivity contribution in [3.8, 4) is 10.8 Å². The van der Waals surface area contributed by atoms with Crippen LogP contribution in [0.4, 0.5) is 0 Å². The quantitative estimate of drug-likeness (QED) is 0.853. The third kappa shape index (κ3) is 4.15. The second-order valence-electron chi connectivity index (χ2n) is 5.06. The van der Waals surface area contributed by atoms with E-state index in [2.05, 4.69) is 4.98 Å². The molecule has 2 rings (SSSR count). The largest absolute Gasteiger partial charge is 0.462 e. The van der Waals surface area contributed by atoms with Crippen LogP contribution in [-0.4, -0.2) is 40.1 Å². The third-order valence-electron chi connectivity index (χ3n) is 3.12. The molecule has 0 fully saturated rings. The highest BCUT2D eigenvalue weighted by atomic mass is 32.1. The molecule has 0 aliphatic rings. The molecule has 0 spiro atoms. The van der Waals surface area contributed by atoms with Crippen LogP contribution in [0.25, 0.3) is 10.8 Å². The van der Waals surface area contributed by atoms with Crippen LogP contribution in [0.1, 0.15) is 26.0 Å². The molecule has 0 aliphatic carbocycles. The molecule has 0 unspecified atom stereocenters. The Bertz CT molecular complexity index is 563. The summed E-state index contributed by atoms with van der Waals surface area (Å²) in [6, 6.07) is 3.79. The predicted octanol–water partition coefficient (Wildman–Crippen LogP) is 2.57. The van der Waals surface area contributed by atoms with Crippen LogP contribution in [0.15, 0.2) is 28.2 Å². The van der Waals surface area contributed by atoms with E-state index in [9.17, 15) is 4.79 Å². The molecule has 21 heavy (non-hydrogen) atoms. The predicted molar refractivity (Wildman–Crippen MR) is 82.1 cm³/mol. The molecule has 6 heteroatoms. The summed E-state index contributed by atoms with van der Waals surface area (Å²) in [5.41, 5.74) is 0.756. The van der Waals surface area contributed by atoms with Gasteiger partial charge >= 0.3 is 0 Å². The van der Waals surface area contributed by atoms with Gasteiger partial charge in [0.05, 0.1) is 18.4 Å². The molecule has 0 aromatic carbocycles. The fourth-order valence-electron chi connectivity index (χ4n) is 2.07. The lowest BCUT2D eigenvalue weighted by Gasteiger charge is -2.26. The molecule has 0 bridgehead atoms. The number of rotatable bonds is 7. The molecule has 2 heterocycles. The van der Waals surface area contributed by atoms with Crippen molar-refractivity contribution < 1.29 is 14.3 Å². The lowest BCUT2D eigenvalue weighted by molar-refractivity contribution is -0.132. The molecule has 5 nitrogen and oxygen atoms in total. The zero-order chi connectivity index (χ0) is 15.2. The van der Waals surface area contributed by atoms with Gasteiger partial charge in [-0.15, -0.1) is 11.3 Å². The summed E-state index contributed by atoms with van der Waals surface area (Å²) in [5.74, 6) is 0.759. The minimum absolute atomic E-state index is 0.0368. The highest BCUT2D eigenvalue weighted by Gasteiger charge is 2.18. The lowest BCUT2D eigenvalue weighted by atomic mass is 10.2. The topological polar surface area (TPSA) is 66.6 Å².